The van der Waals surface area contributed by atoms with Crippen LogP contribution in [0.3, 0.4) is 0 Å². The predicted octanol–water partition coefficient (Wildman–Crippen LogP) is 4.14. The molecule has 128 valence electrons. The number of fused-ring (bicyclic) bond motifs is 1. The van der Waals surface area contributed by atoms with Gasteiger partial charge in [0.25, 0.3) is 0 Å². The summed E-state index contributed by atoms with van der Waals surface area (Å²) in [6.07, 6.45) is 3.68. The van der Waals surface area contributed by atoms with Crippen LogP contribution in [-0.4, -0.2) is 32.7 Å². The van der Waals surface area contributed by atoms with Gasteiger partial charge in [-0.15, -0.1) is 13.2 Å². The van der Waals surface area contributed by atoms with Crippen molar-refractivity contribution in [2.45, 2.75) is 13.8 Å². The van der Waals surface area contributed by atoms with Crippen LogP contribution in [0.5, 0.6) is 0 Å². The molecule has 5 nitrogen and oxygen atoms in total. The molecule has 0 saturated heterocycles. The third kappa shape index (κ3) is 3.30. The van der Waals surface area contributed by atoms with Crippen LogP contribution in [0.15, 0.2) is 41.9 Å². The molecule has 0 saturated carbocycles. The highest BCUT2D eigenvalue weighted by Gasteiger charge is 2.21. The smallest absolute Gasteiger partial charge is 0.374 e. The van der Waals surface area contributed by atoms with Crippen LogP contribution in [-0.2, 0) is 4.74 Å². The van der Waals surface area contributed by atoms with Crippen LogP contribution in [0.2, 0.25) is 0 Å². The molecule has 0 aliphatic heterocycles. The SMILES string of the molecule is C=CCN(CC=C)c1cc2oc(C(=O)OCC)c(C)c2cc1NC. The first-order valence-electron chi connectivity index (χ1n) is 7.96. The zero-order valence-corrected chi connectivity index (χ0v) is 14.5. The van der Waals surface area contributed by atoms with Gasteiger partial charge in [0.15, 0.2) is 0 Å². The van der Waals surface area contributed by atoms with Crippen molar-refractivity contribution >= 4 is 28.3 Å². The van der Waals surface area contributed by atoms with E-state index < -0.39 is 5.97 Å². The number of benzene rings is 1. The topological polar surface area (TPSA) is 54.7 Å². The molecule has 0 bridgehead atoms. The van der Waals surface area contributed by atoms with E-state index in [-0.39, 0.29) is 5.76 Å². The van der Waals surface area contributed by atoms with Crippen molar-refractivity contribution in [1.82, 2.24) is 0 Å². The van der Waals surface area contributed by atoms with Crippen molar-refractivity contribution < 1.29 is 13.9 Å². The van der Waals surface area contributed by atoms with Crippen LogP contribution in [0.25, 0.3) is 11.0 Å². The fourth-order valence-electron chi connectivity index (χ4n) is 2.69. The molecule has 0 unspecified atom stereocenters. The van der Waals surface area contributed by atoms with E-state index in [1.54, 1.807) is 6.92 Å². The Kier molecular flexibility index (Phi) is 5.68. The largest absolute Gasteiger partial charge is 0.460 e. The number of hydrogen-bond donors (Lipinski definition) is 1. The quantitative estimate of drug-likeness (QED) is 0.583. The van der Waals surface area contributed by atoms with Crippen molar-refractivity contribution in [2.75, 3.05) is 37.0 Å². The van der Waals surface area contributed by atoms with E-state index in [2.05, 4.69) is 23.4 Å². The van der Waals surface area contributed by atoms with Crippen molar-refractivity contribution in [3.8, 4) is 0 Å². The number of esters is 1. The molecule has 0 fully saturated rings. The number of anilines is 2. The van der Waals surface area contributed by atoms with Crippen LogP contribution in [0.1, 0.15) is 23.0 Å². The standard InChI is InChI=1S/C19H24N2O3/c1-6-9-21(10-7-2)16-12-17-14(11-15(16)20-5)13(4)18(24-17)19(22)23-8-3/h6-7,11-12,20H,1-2,8-10H2,3-5H3. The number of ether oxygens (including phenoxy) is 1. The maximum Gasteiger partial charge on any atom is 0.374 e. The minimum absolute atomic E-state index is 0.255. The maximum absolute atomic E-state index is 12.0. The summed E-state index contributed by atoms with van der Waals surface area (Å²) in [6, 6.07) is 3.93. The Labute approximate surface area is 142 Å². The molecule has 1 aromatic heterocycles. The van der Waals surface area contributed by atoms with Crippen LogP contribution in [0, 0.1) is 6.92 Å². The normalized spacial score (nSPS) is 10.5. The zero-order valence-electron chi connectivity index (χ0n) is 14.5. The van der Waals surface area contributed by atoms with Gasteiger partial charge in [-0.2, -0.15) is 0 Å². The van der Waals surface area contributed by atoms with E-state index in [0.717, 1.165) is 22.3 Å². The Hall–Kier alpha value is -2.69. The van der Waals surface area contributed by atoms with Crippen molar-refractivity contribution in [1.29, 1.82) is 0 Å². The van der Waals surface area contributed by atoms with Gasteiger partial charge in [0.1, 0.15) is 5.58 Å². The molecule has 0 aliphatic carbocycles. The molecule has 0 atom stereocenters. The van der Waals surface area contributed by atoms with Crippen molar-refractivity contribution in [3.63, 3.8) is 0 Å². The number of nitrogens with zero attached hydrogens (tertiary/aromatic N) is 1. The van der Waals surface area contributed by atoms with E-state index in [9.17, 15) is 4.79 Å². The average Bonchev–Trinajstić information content (AvgIpc) is 2.90. The highest BCUT2D eigenvalue weighted by atomic mass is 16.5. The van der Waals surface area contributed by atoms with Gasteiger partial charge in [0, 0.05) is 37.2 Å². The van der Waals surface area contributed by atoms with Gasteiger partial charge < -0.3 is 19.4 Å². The van der Waals surface area contributed by atoms with Gasteiger partial charge in [-0.25, -0.2) is 4.79 Å². The summed E-state index contributed by atoms with van der Waals surface area (Å²) in [5.74, 6) is -0.183. The Morgan fingerprint density at radius 3 is 2.54 bits per heavy atom. The molecule has 0 spiro atoms. The molecule has 24 heavy (non-hydrogen) atoms. The summed E-state index contributed by atoms with van der Waals surface area (Å²) in [5.41, 5.74) is 3.35. The molecular weight excluding hydrogens is 304 g/mol. The van der Waals surface area contributed by atoms with Crippen LogP contribution in [0.4, 0.5) is 11.4 Å². The lowest BCUT2D eigenvalue weighted by Gasteiger charge is -2.24. The molecule has 5 heteroatoms. The number of nitrogens with one attached hydrogen (secondary N) is 1. The summed E-state index contributed by atoms with van der Waals surface area (Å²) < 4.78 is 10.8. The molecule has 0 radical (unpaired) electrons. The zero-order chi connectivity index (χ0) is 17.7. The molecule has 0 amide bonds. The summed E-state index contributed by atoms with van der Waals surface area (Å²) >= 11 is 0. The molecule has 1 N–H and O–H groups in total. The fraction of sp³-hybridized carbons (Fsp3) is 0.316. The maximum atomic E-state index is 12.0. The van der Waals surface area contributed by atoms with Gasteiger partial charge in [-0.3, -0.25) is 0 Å². The summed E-state index contributed by atoms with van der Waals surface area (Å²) in [4.78, 5) is 14.2. The Bertz CT molecular complexity index is 752. The lowest BCUT2D eigenvalue weighted by atomic mass is 10.1. The van der Waals surface area contributed by atoms with E-state index in [4.69, 9.17) is 9.15 Å². The summed E-state index contributed by atoms with van der Waals surface area (Å²) in [6.45, 7) is 12.9. The molecule has 0 aliphatic rings. The van der Waals surface area contributed by atoms with Gasteiger partial charge in [0.2, 0.25) is 5.76 Å². The van der Waals surface area contributed by atoms with Gasteiger partial charge in [-0.1, -0.05) is 12.2 Å². The number of carbonyl (C=O) groups is 1. The number of carbonyl (C=O) groups excluding carboxylic acids is 1. The van der Waals surface area contributed by atoms with E-state index in [1.807, 2.05) is 38.3 Å². The number of furan rings is 1. The lowest BCUT2D eigenvalue weighted by molar-refractivity contribution is 0.0491. The highest BCUT2D eigenvalue weighted by molar-refractivity contribution is 5.99. The van der Waals surface area contributed by atoms with Gasteiger partial charge in [0.05, 0.1) is 18.0 Å². The van der Waals surface area contributed by atoms with E-state index in [0.29, 0.717) is 25.3 Å². The first-order valence-corrected chi connectivity index (χ1v) is 7.96. The van der Waals surface area contributed by atoms with Gasteiger partial charge >= 0.3 is 5.97 Å². The summed E-state index contributed by atoms with van der Waals surface area (Å²) in [5, 5.41) is 4.10. The third-order valence-corrected chi connectivity index (χ3v) is 3.82. The molecule has 2 rings (SSSR count). The lowest BCUT2D eigenvalue weighted by Crippen LogP contribution is -2.24. The third-order valence-electron chi connectivity index (χ3n) is 3.82. The van der Waals surface area contributed by atoms with Crippen molar-refractivity contribution in [2.24, 2.45) is 0 Å². The molecule has 2 aromatic rings. The molecule has 1 heterocycles. The minimum atomic E-state index is -0.437. The first kappa shape index (κ1) is 17.7. The Balaban J connectivity index is 2.59. The van der Waals surface area contributed by atoms with Crippen molar-refractivity contribution in [3.05, 3.63) is 48.8 Å². The molecular formula is C19H24N2O3. The van der Waals surface area contributed by atoms with Crippen LogP contribution < -0.4 is 10.2 Å². The number of rotatable bonds is 8. The predicted molar refractivity (Wildman–Crippen MR) is 99.1 cm³/mol. The van der Waals surface area contributed by atoms with E-state index >= 15 is 0 Å². The molecule has 1 aromatic carbocycles. The highest BCUT2D eigenvalue weighted by Crippen LogP contribution is 2.35. The average molecular weight is 328 g/mol. The van der Waals surface area contributed by atoms with E-state index in [1.165, 1.54) is 0 Å². The summed E-state index contributed by atoms with van der Waals surface area (Å²) in [7, 11) is 1.87. The van der Waals surface area contributed by atoms with Gasteiger partial charge in [-0.05, 0) is 19.9 Å². The van der Waals surface area contributed by atoms with Crippen LogP contribution >= 0.6 is 0 Å². The fourth-order valence-corrected chi connectivity index (χ4v) is 2.69. The second-order valence-electron chi connectivity index (χ2n) is 5.37. The second-order valence-corrected chi connectivity index (χ2v) is 5.37. The first-order chi connectivity index (χ1) is 11.6. The Morgan fingerprint density at radius 1 is 1.33 bits per heavy atom. The Morgan fingerprint density at radius 2 is 2.00 bits per heavy atom. The minimum Gasteiger partial charge on any atom is -0.460 e. The monoisotopic (exact) mass is 328 g/mol. The number of hydrogen-bond acceptors (Lipinski definition) is 5. The number of aryl methyl sites for hydroxylation is 1. The second kappa shape index (κ2) is 7.73.